The second kappa shape index (κ2) is 11.1. The van der Waals surface area contributed by atoms with Gasteiger partial charge in [0, 0.05) is 35.6 Å². The topological polar surface area (TPSA) is 123 Å². The van der Waals surface area contributed by atoms with E-state index < -0.39 is 12.0 Å². The molecular weight excluding hydrogens is 494 g/mol. The van der Waals surface area contributed by atoms with E-state index in [9.17, 15) is 19.5 Å². The zero-order valence-corrected chi connectivity index (χ0v) is 20.6. The van der Waals surface area contributed by atoms with Crippen molar-refractivity contribution in [2.24, 2.45) is 4.99 Å². The predicted molar refractivity (Wildman–Crippen MR) is 143 cm³/mol. The zero-order valence-electron chi connectivity index (χ0n) is 19.8. The number of hydrogen-bond acceptors (Lipinski definition) is 6. The molecule has 3 aromatic carbocycles. The molecule has 0 radical (unpaired) electrons. The Morgan fingerprint density at radius 2 is 1.76 bits per heavy atom. The molecule has 2 amide bonds. The molecule has 5 rings (SSSR count). The van der Waals surface area contributed by atoms with Crippen LogP contribution in [0.3, 0.4) is 0 Å². The van der Waals surface area contributed by atoms with Crippen molar-refractivity contribution in [1.29, 1.82) is 0 Å². The average Bonchev–Trinajstić information content (AvgIpc) is 3.51. The highest BCUT2D eigenvalue weighted by Crippen LogP contribution is 2.34. The van der Waals surface area contributed by atoms with Gasteiger partial charge >= 0.3 is 5.97 Å². The second-order valence-electron chi connectivity index (χ2n) is 8.64. The Morgan fingerprint density at radius 3 is 2.43 bits per heavy atom. The Balaban J connectivity index is 0.00000320. The lowest BCUT2D eigenvalue weighted by molar-refractivity contribution is -0.138. The van der Waals surface area contributed by atoms with Crippen molar-refractivity contribution in [1.82, 2.24) is 10.2 Å². The van der Waals surface area contributed by atoms with Gasteiger partial charge in [-0.15, -0.1) is 12.4 Å². The Bertz CT molecular complexity index is 1340. The normalized spacial score (nSPS) is 14.6. The second-order valence-corrected chi connectivity index (χ2v) is 8.64. The van der Waals surface area contributed by atoms with Crippen LogP contribution in [0.2, 0.25) is 0 Å². The van der Waals surface area contributed by atoms with Gasteiger partial charge in [-0.25, -0.2) is 0 Å². The highest BCUT2D eigenvalue weighted by Gasteiger charge is 2.34. The molecule has 10 heteroatoms. The molecule has 1 atom stereocenters. The zero-order chi connectivity index (χ0) is 25.1. The highest BCUT2D eigenvalue weighted by molar-refractivity contribution is 6.06. The maximum Gasteiger partial charge on any atom is 0.305 e. The number of hydrogen-bond donors (Lipinski definition) is 4. The Morgan fingerprint density at radius 1 is 1.03 bits per heavy atom. The van der Waals surface area contributed by atoms with Crippen molar-refractivity contribution >= 4 is 47.5 Å². The molecule has 0 aliphatic carbocycles. The average molecular weight is 520 g/mol. The Hall–Kier alpha value is -4.37. The highest BCUT2D eigenvalue weighted by atomic mass is 35.5. The lowest BCUT2D eigenvalue weighted by Gasteiger charge is -2.27. The van der Waals surface area contributed by atoms with Crippen LogP contribution in [0.25, 0.3) is 0 Å². The van der Waals surface area contributed by atoms with E-state index >= 15 is 0 Å². The molecule has 1 unspecified atom stereocenters. The van der Waals surface area contributed by atoms with Crippen LogP contribution in [0.4, 0.5) is 11.4 Å². The van der Waals surface area contributed by atoms with Crippen molar-refractivity contribution in [3.05, 3.63) is 95.1 Å². The predicted octanol–water partition coefficient (Wildman–Crippen LogP) is 3.90. The third kappa shape index (κ3) is 5.73. The van der Waals surface area contributed by atoms with Gasteiger partial charge in [-0.2, -0.15) is 0 Å². The fourth-order valence-electron chi connectivity index (χ4n) is 4.43. The third-order valence-corrected chi connectivity index (χ3v) is 6.21. The summed E-state index contributed by atoms with van der Waals surface area (Å²) in [4.78, 5) is 43.5. The number of benzene rings is 3. The lowest BCUT2D eigenvalue weighted by atomic mass is 10.0. The van der Waals surface area contributed by atoms with Crippen LogP contribution in [-0.4, -0.2) is 46.8 Å². The molecule has 0 saturated heterocycles. The van der Waals surface area contributed by atoms with Crippen LogP contribution in [0.5, 0.6) is 0 Å². The largest absolute Gasteiger partial charge is 0.481 e. The number of amides is 2. The quantitative estimate of drug-likeness (QED) is 0.375. The van der Waals surface area contributed by atoms with Gasteiger partial charge in [-0.05, 0) is 47.5 Å². The van der Waals surface area contributed by atoms with E-state index in [1.54, 1.807) is 47.4 Å². The van der Waals surface area contributed by atoms with Crippen LogP contribution >= 0.6 is 12.4 Å². The number of aliphatic carboxylic acids is 1. The van der Waals surface area contributed by atoms with Gasteiger partial charge in [0.1, 0.15) is 0 Å². The molecule has 2 aliphatic heterocycles. The standard InChI is InChI=1S/C27H25N5O4.ClH/c33-24(34)15-23(17-4-2-1-3-5-17)32-16-19-8-11-21(14-22(19)26(32)36)30-25(35)18-6-9-20(10-7-18)31-27-28-12-13-29-27;/h1-11,14,23H,12-13,15-16H2,(H,30,35)(H,33,34)(H2,28,29,31);1H. The first-order chi connectivity index (χ1) is 17.5. The summed E-state index contributed by atoms with van der Waals surface area (Å²) >= 11 is 0. The number of aliphatic imine (C=N–C) groups is 1. The SMILES string of the molecule is Cl.O=C(O)CC(c1ccccc1)N1Cc2ccc(NC(=O)c3ccc(NC4=NCCN4)cc3)cc2C1=O. The van der Waals surface area contributed by atoms with E-state index in [1.807, 2.05) is 30.3 Å². The minimum Gasteiger partial charge on any atom is -0.481 e. The van der Waals surface area contributed by atoms with Crippen molar-refractivity contribution in [3.8, 4) is 0 Å². The lowest BCUT2D eigenvalue weighted by Crippen LogP contribution is -2.30. The van der Waals surface area contributed by atoms with Crippen molar-refractivity contribution < 1.29 is 19.5 Å². The minimum absolute atomic E-state index is 0. The van der Waals surface area contributed by atoms with E-state index in [-0.39, 0.29) is 30.6 Å². The fourth-order valence-corrected chi connectivity index (χ4v) is 4.43. The molecule has 4 N–H and O–H groups in total. The van der Waals surface area contributed by atoms with Gasteiger partial charge in [-0.3, -0.25) is 19.4 Å². The molecule has 9 nitrogen and oxygen atoms in total. The van der Waals surface area contributed by atoms with Crippen LogP contribution in [0.1, 0.15) is 44.3 Å². The van der Waals surface area contributed by atoms with Crippen molar-refractivity contribution in [2.75, 3.05) is 23.7 Å². The van der Waals surface area contributed by atoms with Crippen LogP contribution in [-0.2, 0) is 11.3 Å². The number of carbonyl (C=O) groups is 3. The first kappa shape index (κ1) is 25.7. The van der Waals surface area contributed by atoms with Crippen LogP contribution in [0.15, 0.2) is 77.8 Å². The summed E-state index contributed by atoms with van der Waals surface area (Å²) in [6, 6.07) is 20.8. The van der Waals surface area contributed by atoms with Gasteiger partial charge in [0.15, 0.2) is 5.96 Å². The summed E-state index contributed by atoms with van der Waals surface area (Å²) in [5.41, 5.74) is 3.81. The number of fused-ring (bicyclic) bond motifs is 1. The van der Waals surface area contributed by atoms with Gasteiger partial charge < -0.3 is 26.0 Å². The van der Waals surface area contributed by atoms with E-state index in [2.05, 4.69) is 20.9 Å². The third-order valence-electron chi connectivity index (χ3n) is 6.21. The number of carbonyl (C=O) groups excluding carboxylic acids is 2. The molecule has 190 valence electrons. The first-order valence-corrected chi connectivity index (χ1v) is 11.7. The molecule has 37 heavy (non-hydrogen) atoms. The molecule has 3 aromatic rings. The number of carboxylic acids is 1. The monoisotopic (exact) mass is 519 g/mol. The van der Waals surface area contributed by atoms with Gasteiger partial charge in [0.05, 0.1) is 19.0 Å². The minimum atomic E-state index is -0.978. The molecule has 2 aliphatic rings. The summed E-state index contributed by atoms with van der Waals surface area (Å²) in [6.45, 7) is 1.84. The molecule has 0 aromatic heterocycles. The van der Waals surface area contributed by atoms with Crippen LogP contribution in [0, 0.1) is 0 Å². The number of nitrogens with one attached hydrogen (secondary N) is 3. The Labute approximate surface area is 220 Å². The van der Waals surface area contributed by atoms with E-state index in [0.29, 0.717) is 29.3 Å². The van der Waals surface area contributed by atoms with Crippen LogP contribution < -0.4 is 16.0 Å². The number of rotatable bonds is 7. The number of guanidine groups is 1. The van der Waals surface area contributed by atoms with E-state index in [0.717, 1.165) is 29.9 Å². The van der Waals surface area contributed by atoms with E-state index in [1.165, 1.54) is 0 Å². The fraction of sp³-hybridized carbons (Fsp3) is 0.185. The van der Waals surface area contributed by atoms with Crippen molar-refractivity contribution in [3.63, 3.8) is 0 Å². The smallest absolute Gasteiger partial charge is 0.305 e. The number of halogens is 1. The molecule has 0 saturated carbocycles. The first-order valence-electron chi connectivity index (χ1n) is 11.7. The number of nitrogens with zero attached hydrogens (tertiary/aromatic N) is 2. The van der Waals surface area contributed by atoms with Crippen molar-refractivity contribution in [2.45, 2.75) is 19.0 Å². The molecule has 0 bridgehead atoms. The van der Waals surface area contributed by atoms with Gasteiger partial charge in [0.2, 0.25) is 0 Å². The molecule has 0 fully saturated rings. The number of anilines is 2. The van der Waals surface area contributed by atoms with Gasteiger partial charge in [-0.1, -0.05) is 36.4 Å². The summed E-state index contributed by atoms with van der Waals surface area (Å²) in [5.74, 6) is -0.820. The summed E-state index contributed by atoms with van der Waals surface area (Å²) in [6.07, 6.45) is -0.193. The molecule has 2 heterocycles. The maximum absolute atomic E-state index is 13.3. The Kier molecular flexibility index (Phi) is 7.74. The molecule has 0 spiro atoms. The number of carboxylic acid groups (broad SMARTS) is 1. The molecular formula is C27H26ClN5O4. The summed E-state index contributed by atoms with van der Waals surface area (Å²) < 4.78 is 0. The van der Waals surface area contributed by atoms with Gasteiger partial charge in [0.25, 0.3) is 11.8 Å². The van der Waals surface area contributed by atoms with E-state index in [4.69, 9.17) is 0 Å². The maximum atomic E-state index is 13.3. The summed E-state index contributed by atoms with van der Waals surface area (Å²) in [5, 5.41) is 18.6. The summed E-state index contributed by atoms with van der Waals surface area (Å²) in [7, 11) is 0.